The Kier molecular flexibility index (Phi) is 4.20. The zero-order chi connectivity index (χ0) is 12.3. The Balaban J connectivity index is 2.10. The summed E-state index contributed by atoms with van der Waals surface area (Å²) in [4.78, 5) is 2.47. The Labute approximate surface area is 108 Å². The number of piperidine rings is 1. The van der Waals surface area contributed by atoms with Crippen molar-refractivity contribution in [3.8, 4) is 0 Å². The second-order valence-electron chi connectivity index (χ2n) is 5.04. The highest BCUT2D eigenvalue weighted by Gasteiger charge is 2.34. The number of methoxy groups -OCH3 is 1. The molecule has 0 radical (unpaired) electrons. The van der Waals surface area contributed by atoms with Crippen LogP contribution in [0.1, 0.15) is 31.4 Å². The summed E-state index contributed by atoms with van der Waals surface area (Å²) < 4.78 is 5.64. The van der Waals surface area contributed by atoms with Crippen molar-refractivity contribution in [2.24, 2.45) is 5.73 Å². The van der Waals surface area contributed by atoms with Crippen LogP contribution in [0.25, 0.3) is 0 Å². The van der Waals surface area contributed by atoms with Crippen LogP contribution in [0.5, 0.6) is 0 Å². The van der Waals surface area contributed by atoms with Gasteiger partial charge in [-0.2, -0.15) is 11.3 Å². The van der Waals surface area contributed by atoms with E-state index >= 15 is 0 Å². The van der Waals surface area contributed by atoms with Crippen molar-refractivity contribution in [3.63, 3.8) is 0 Å². The fourth-order valence-corrected chi connectivity index (χ4v) is 3.34. The van der Waals surface area contributed by atoms with Crippen LogP contribution in [-0.4, -0.2) is 37.2 Å². The first kappa shape index (κ1) is 13.0. The van der Waals surface area contributed by atoms with Gasteiger partial charge in [0, 0.05) is 26.2 Å². The van der Waals surface area contributed by atoms with Gasteiger partial charge in [-0.25, -0.2) is 0 Å². The summed E-state index contributed by atoms with van der Waals surface area (Å²) in [6.45, 7) is 4.97. The smallest absolute Gasteiger partial charge is 0.0777 e. The normalized spacial score (nSPS) is 28.2. The van der Waals surface area contributed by atoms with Crippen molar-refractivity contribution >= 4 is 11.3 Å². The van der Waals surface area contributed by atoms with Crippen molar-refractivity contribution in [1.82, 2.24) is 4.90 Å². The molecule has 1 aromatic rings. The first-order valence-corrected chi connectivity index (χ1v) is 7.14. The Hall–Kier alpha value is -0.420. The average Bonchev–Trinajstić information content (AvgIpc) is 2.84. The van der Waals surface area contributed by atoms with Crippen LogP contribution >= 0.6 is 11.3 Å². The average molecular weight is 254 g/mol. The molecular formula is C13H22N2OS. The number of likely N-dealkylation sites (tertiary alicyclic amines) is 1. The minimum absolute atomic E-state index is 0.0122. The van der Waals surface area contributed by atoms with Gasteiger partial charge in [-0.1, -0.05) is 0 Å². The molecule has 0 saturated carbocycles. The van der Waals surface area contributed by atoms with E-state index in [9.17, 15) is 0 Å². The maximum Gasteiger partial charge on any atom is 0.0777 e. The number of thiophene rings is 1. The molecule has 1 aromatic heterocycles. The Bertz CT molecular complexity index is 341. The molecule has 0 bridgehead atoms. The van der Waals surface area contributed by atoms with Gasteiger partial charge < -0.3 is 10.5 Å². The standard InChI is InChI=1S/C13H22N2OS/c1-13(16-2)5-3-6-15(10-13)12(8-14)11-4-7-17-9-11/h4,7,9,12H,3,5-6,8,10,14H2,1-2H3. The van der Waals surface area contributed by atoms with Gasteiger partial charge in [-0.3, -0.25) is 4.90 Å². The lowest BCUT2D eigenvalue weighted by Crippen LogP contribution is -2.49. The molecule has 0 aliphatic carbocycles. The van der Waals surface area contributed by atoms with Gasteiger partial charge in [0.15, 0.2) is 0 Å². The monoisotopic (exact) mass is 254 g/mol. The lowest BCUT2D eigenvalue weighted by atomic mass is 9.92. The van der Waals surface area contributed by atoms with Gasteiger partial charge >= 0.3 is 0 Å². The Morgan fingerprint density at radius 2 is 2.47 bits per heavy atom. The van der Waals surface area contributed by atoms with Gasteiger partial charge in [0.25, 0.3) is 0 Å². The largest absolute Gasteiger partial charge is 0.377 e. The van der Waals surface area contributed by atoms with Gasteiger partial charge in [-0.05, 0) is 48.7 Å². The van der Waals surface area contributed by atoms with E-state index in [1.54, 1.807) is 11.3 Å². The zero-order valence-electron chi connectivity index (χ0n) is 10.7. The molecule has 2 N–H and O–H groups in total. The van der Waals surface area contributed by atoms with Crippen LogP contribution in [0.15, 0.2) is 16.8 Å². The fourth-order valence-electron chi connectivity index (χ4n) is 2.64. The molecule has 2 rings (SSSR count). The molecule has 0 spiro atoms. The van der Waals surface area contributed by atoms with Crippen LogP contribution in [0.3, 0.4) is 0 Å². The van der Waals surface area contributed by atoms with E-state index in [4.69, 9.17) is 10.5 Å². The molecule has 3 nitrogen and oxygen atoms in total. The molecular weight excluding hydrogens is 232 g/mol. The van der Waals surface area contributed by atoms with E-state index in [1.807, 2.05) is 7.11 Å². The quantitative estimate of drug-likeness (QED) is 0.895. The number of nitrogens with two attached hydrogens (primary N) is 1. The molecule has 1 aliphatic rings. The highest BCUT2D eigenvalue weighted by molar-refractivity contribution is 7.07. The summed E-state index contributed by atoms with van der Waals surface area (Å²) in [5.74, 6) is 0. The van der Waals surface area contributed by atoms with Gasteiger partial charge in [-0.15, -0.1) is 0 Å². The summed E-state index contributed by atoms with van der Waals surface area (Å²) >= 11 is 1.74. The SMILES string of the molecule is COC1(C)CCCN(C(CN)c2ccsc2)C1. The molecule has 2 atom stereocenters. The third kappa shape index (κ3) is 2.88. The molecule has 0 amide bonds. The predicted octanol–water partition coefficient (Wildman–Crippen LogP) is 2.25. The van der Waals surface area contributed by atoms with E-state index in [0.717, 1.165) is 19.5 Å². The third-order valence-corrected chi connectivity index (χ3v) is 4.47. The molecule has 1 fully saturated rings. The van der Waals surface area contributed by atoms with E-state index in [1.165, 1.54) is 12.0 Å². The van der Waals surface area contributed by atoms with E-state index in [-0.39, 0.29) is 5.60 Å². The second-order valence-corrected chi connectivity index (χ2v) is 5.82. The summed E-state index contributed by atoms with van der Waals surface area (Å²) in [5, 5.41) is 4.33. The molecule has 0 aromatic carbocycles. The highest BCUT2D eigenvalue weighted by Crippen LogP contribution is 2.30. The maximum atomic E-state index is 5.95. The van der Waals surface area contributed by atoms with Crippen LogP contribution in [0.4, 0.5) is 0 Å². The minimum Gasteiger partial charge on any atom is -0.377 e. The van der Waals surface area contributed by atoms with Gasteiger partial charge in [0.2, 0.25) is 0 Å². The molecule has 2 unspecified atom stereocenters. The van der Waals surface area contributed by atoms with Crippen LogP contribution in [0.2, 0.25) is 0 Å². The maximum absolute atomic E-state index is 5.95. The van der Waals surface area contributed by atoms with E-state index < -0.39 is 0 Å². The first-order valence-electron chi connectivity index (χ1n) is 6.20. The van der Waals surface area contributed by atoms with Crippen molar-refractivity contribution in [2.75, 3.05) is 26.7 Å². The number of nitrogens with zero attached hydrogens (tertiary/aromatic N) is 1. The lowest BCUT2D eigenvalue weighted by molar-refractivity contribution is -0.0607. The fraction of sp³-hybridized carbons (Fsp3) is 0.692. The summed E-state index contributed by atoms with van der Waals surface area (Å²) in [6.07, 6.45) is 2.33. The van der Waals surface area contributed by atoms with Crippen LogP contribution < -0.4 is 5.73 Å². The Morgan fingerprint density at radius 1 is 1.65 bits per heavy atom. The van der Waals surface area contributed by atoms with Crippen LogP contribution in [-0.2, 0) is 4.74 Å². The highest BCUT2D eigenvalue weighted by atomic mass is 32.1. The van der Waals surface area contributed by atoms with Gasteiger partial charge in [0.05, 0.1) is 5.60 Å². The first-order chi connectivity index (χ1) is 8.18. The van der Waals surface area contributed by atoms with Gasteiger partial charge in [0.1, 0.15) is 0 Å². The molecule has 17 heavy (non-hydrogen) atoms. The zero-order valence-corrected chi connectivity index (χ0v) is 11.5. The lowest BCUT2D eigenvalue weighted by Gasteiger charge is -2.42. The van der Waals surface area contributed by atoms with Crippen molar-refractivity contribution < 1.29 is 4.74 Å². The van der Waals surface area contributed by atoms with Crippen LogP contribution in [0, 0.1) is 0 Å². The van der Waals surface area contributed by atoms with Crippen molar-refractivity contribution in [2.45, 2.75) is 31.4 Å². The number of ether oxygens (including phenoxy) is 1. The van der Waals surface area contributed by atoms with E-state index in [2.05, 4.69) is 28.7 Å². The summed E-state index contributed by atoms with van der Waals surface area (Å²) in [5.41, 5.74) is 7.28. The predicted molar refractivity (Wildman–Crippen MR) is 72.3 cm³/mol. The number of hydrogen-bond acceptors (Lipinski definition) is 4. The third-order valence-electron chi connectivity index (χ3n) is 3.77. The minimum atomic E-state index is -0.0122. The molecule has 1 aliphatic heterocycles. The number of rotatable bonds is 4. The summed E-state index contributed by atoms with van der Waals surface area (Å²) in [6, 6.07) is 2.53. The molecule has 4 heteroatoms. The molecule has 2 heterocycles. The molecule has 1 saturated heterocycles. The van der Waals surface area contributed by atoms with E-state index in [0.29, 0.717) is 12.6 Å². The number of hydrogen-bond donors (Lipinski definition) is 1. The second kappa shape index (κ2) is 5.48. The Morgan fingerprint density at radius 3 is 3.06 bits per heavy atom. The topological polar surface area (TPSA) is 38.5 Å². The van der Waals surface area contributed by atoms with Crippen molar-refractivity contribution in [3.05, 3.63) is 22.4 Å². The molecule has 96 valence electrons. The summed E-state index contributed by atoms with van der Waals surface area (Å²) in [7, 11) is 1.81. The van der Waals surface area contributed by atoms with Crippen molar-refractivity contribution in [1.29, 1.82) is 0 Å².